The Balaban J connectivity index is 1.55. The number of fused-ring (bicyclic) bond motifs is 1. The molecule has 2 aromatic carbocycles. The Morgan fingerprint density at radius 1 is 1.03 bits per heavy atom. The zero-order chi connectivity index (χ0) is 23.7. The van der Waals surface area contributed by atoms with Crippen molar-refractivity contribution in [2.24, 2.45) is 0 Å². The number of nitrogens with zero attached hydrogens (tertiary/aromatic N) is 6. The van der Waals surface area contributed by atoms with Crippen LogP contribution in [0.5, 0.6) is 0 Å². The lowest BCUT2D eigenvalue weighted by Crippen LogP contribution is -2.44. The van der Waals surface area contributed by atoms with E-state index in [1.165, 1.54) is 4.68 Å². The zero-order valence-corrected chi connectivity index (χ0v) is 20.6. The van der Waals surface area contributed by atoms with Gasteiger partial charge in [0.2, 0.25) is 17.8 Å². The van der Waals surface area contributed by atoms with Crippen molar-refractivity contribution in [1.29, 1.82) is 0 Å². The van der Waals surface area contributed by atoms with E-state index in [9.17, 15) is 4.79 Å². The number of anilines is 4. The van der Waals surface area contributed by atoms with E-state index in [0.717, 1.165) is 36.3 Å². The number of halogens is 2. The first-order valence-electron chi connectivity index (χ1n) is 10.7. The van der Waals surface area contributed by atoms with Crippen LogP contribution in [-0.4, -0.2) is 50.8 Å². The van der Waals surface area contributed by atoms with Crippen molar-refractivity contribution in [1.82, 2.24) is 29.9 Å². The predicted molar refractivity (Wildman–Crippen MR) is 137 cm³/mol. The van der Waals surface area contributed by atoms with Gasteiger partial charge in [-0.3, -0.25) is 10.2 Å². The lowest BCUT2D eigenvalue weighted by molar-refractivity contribution is 0.579. The molecule has 34 heavy (non-hydrogen) atoms. The van der Waals surface area contributed by atoms with Gasteiger partial charge in [-0.1, -0.05) is 33.6 Å². The van der Waals surface area contributed by atoms with Gasteiger partial charge in [0.1, 0.15) is 5.82 Å². The lowest BCUT2D eigenvalue weighted by Gasteiger charge is -2.27. The Kier molecular flexibility index (Phi) is 6.31. The highest BCUT2D eigenvalue weighted by atomic mass is 79.9. The molecule has 0 atom stereocenters. The molecule has 1 aliphatic rings. The highest BCUT2D eigenvalue weighted by Crippen LogP contribution is 2.21. The molecule has 12 heteroatoms. The van der Waals surface area contributed by atoms with Crippen LogP contribution in [0.3, 0.4) is 0 Å². The smallest absolute Gasteiger partial charge is 0.280 e. The van der Waals surface area contributed by atoms with Gasteiger partial charge in [-0.05, 0) is 43.3 Å². The van der Waals surface area contributed by atoms with Gasteiger partial charge < -0.3 is 15.5 Å². The van der Waals surface area contributed by atoms with Crippen molar-refractivity contribution in [3.8, 4) is 0 Å². The summed E-state index contributed by atoms with van der Waals surface area (Å²) < 4.78 is 2.14. The molecule has 0 aliphatic carbocycles. The van der Waals surface area contributed by atoms with E-state index in [1.807, 2.05) is 18.2 Å². The summed E-state index contributed by atoms with van der Waals surface area (Å²) in [6.45, 7) is 4.91. The second kappa shape index (κ2) is 9.53. The molecule has 1 fully saturated rings. The van der Waals surface area contributed by atoms with Crippen LogP contribution in [0, 0.1) is 6.92 Å². The molecule has 1 aliphatic heterocycles. The van der Waals surface area contributed by atoms with Gasteiger partial charge in [0, 0.05) is 41.4 Å². The van der Waals surface area contributed by atoms with Gasteiger partial charge in [-0.25, -0.2) is 9.66 Å². The van der Waals surface area contributed by atoms with Gasteiger partial charge in [-0.15, -0.1) is 0 Å². The summed E-state index contributed by atoms with van der Waals surface area (Å²) in [5.74, 6) is 1.53. The van der Waals surface area contributed by atoms with Crippen LogP contribution in [0.4, 0.5) is 23.5 Å². The van der Waals surface area contributed by atoms with Crippen molar-refractivity contribution in [3.05, 3.63) is 68.1 Å². The Labute approximate surface area is 208 Å². The number of aromatic nitrogens is 5. The highest BCUT2D eigenvalue weighted by Gasteiger charge is 2.18. The average molecular weight is 543 g/mol. The summed E-state index contributed by atoms with van der Waals surface area (Å²) >= 11 is 9.55. The second-order valence-electron chi connectivity index (χ2n) is 7.73. The summed E-state index contributed by atoms with van der Waals surface area (Å²) in [6.07, 6.45) is 0. The number of benzene rings is 2. The number of hydrogen-bond donors (Lipinski definition) is 3. The molecular formula is C22H21BrClN9O. The molecule has 0 spiro atoms. The van der Waals surface area contributed by atoms with Gasteiger partial charge in [0.25, 0.3) is 5.56 Å². The molecule has 0 amide bonds. The van der Waals surface area contributed by atoms with Crippen LogP contribution in [-0.2, 0) is 0 Å². The predicted octanol–water partition coefficient (Wildman–Crippen LogP) is 3.33. The number of aryl methyl sites for hydroxylation is 1. The van der Waals surface area contributed by atoms with Gasteiger partial charge in [-0.2, -0.15) is 15.0 Å². The molecule has 10 nitrogen and oxygen atoms in total. The summed E-state index contributed by atoms with van der Waals surface area (Å²) in [5.41, 5.74) is 4.12. The Hall–Kier alpha value is -3.28. The van der Waals surface area contributed by atoms with E-state index in [4.69, 9.17) is 11.6 Å². The molecular weight excluding hydrogens is 522 g/mol. The van der Waals surface area contributed by atoms with E-state index in [1.54, 1.807) is 31.2 Å². The molecule has 174 valence electrons. The lowest BCUT2D eigenvalue weighted by atomic mass is 10.2. The Morgan fingerprint density at radius 3 is 2.62 bits per heavy atom. The summed E-state index contributed by atoms with van der Waals surface area (Å²) in [7, 11) is 0. The van der Waals surface area contributed by atoms with Gasteiger partial charge in [0.05, 0.1) is 10.9 Å². The molecule has 1 saturated heterocycles. The van der Waals surface area contributed by atoms with Gasteiger partial charge >= 0.3 is 0 Å². The first-order valence-corrected chi connectivity index (χ1v) is 11.8. The van der Waals surface area contributed by atoms with Crippen LogP contribution in [0.1, 0.15) is 5.82 Å². The van der Waals surface area contributed by atoms with E-state index >= 15 is 0 Å². The second-order valence-corrected chi connectivity index (χ2v) is 9.08. The van der Waals surface area contributed by atoms with Crippen molar-refractivity contribution < 1.29 is 0 Å². The van der Waals surface area contributed by atoms with Crippen LogP contribution < -0.4 is 26.5 Å². The Morgan fingerprint density at radius 2 is 1.82 bits per heavy atom. The molecule has 2 aromatic heterocycles. The molecule has 3 heterocycles. The first-order chi connectivity index (χ1) is 16.5. The van der Waals surface area contributed by atoms with E-state index < -0.39 is 0 Å². The van der Waals surface area contributed by atoms with Crippen molar-refractivity contribution in [3.63, 3.8) is 0 Å². The summed E-state index contributed by atoms with van der Waals surface area (Å²) in [5, 5.41) is 7.56. The summed E-state index contributed by atoms with van der Waals surface area (Å²) in [4.78, 5) is 33.5. The third-order valence-electron chi connectivity index (χ3n) is 5.31. The summed E-state index contributed by atoms with van der Waals surface area (Å²) in [6, 6.07) is 12.7. The van der Waals surface area contributed by atoms with Crippen molar-refractivity contribution in [2.75, 3.05) is 41.8 Å². The third-order valence-corrected chi connectivity index (χ3v) is 6.04. The minimum Gasteiger partial charge on any atom is -0.338 e. The molecule has 0 saturated carbocycles. The first kappa shape index (κ1) is 22.5. The quantitative estimate of drug-likeness (QED) is 0.349. The monoisotopic (exact) mass is 541 g/mol. The number of rotatable bonds is 5. The number of piperazine rings is 1. The molecule has 0 bridgehead atoms. The minimum atomic E-state index is -0.253. The van der Waals surface area contributed by atoms with E-state index in [-0.39, 0.29) is 11.5 Å². The zero-order valence-electron chi connectivity index (χ0n) is 18.2. The molecule has 4 aromatic rings. The van der Waals surface area contributed by atoms with E-state index in [2.05, 4.69) is 56.8 Å². The SMILES string of the molecule is Cc1nc2ccc(Br)cc2c(=O)n1Nc1nc(Nc2cccc(Cl)c2)nc(N2CCNCC2)n1. The van der Waals surface area contributed by atoms with Gasteiger partial charge in [0.15, 0.2) is 0 Å². The number of hydrogen-bond acceptors (Lipinski definition) is 9. The normalized spacial score (nSPS) is 13.8. The van der Waals surface area contributed by atoms with Crippen LogP contribution >= 0.6 is 27.5 Å². The van der Waals surface area contributed by atoms with E-state index in [0.29, 0.717) is 33.6 Å². The van der Waals surface area contributed by atoms with Crippen molar-refractivity contribution >= 4 is 62.0 Å². The molecule has 5 rings (SSSR count). The molecule has 3 N–H and O–H groups in total. The highest BCUT2D eigenvalue weighted by molar-refractivity contribution is 9.10. The Bertz CT molecular complexity index is 1420. The topological polar surface area (TPSA) is 113 Å². The maximum Gasteiger partial charge on any atom is 0.280 e. The number of nitrogens with one attached hydrogen (secondary N) is 3. The van der Waals surface area contributed by atoms with Crippen LogP contribution in [0.15, 0.2) is 51.7 Å². The largest absolute Gasteiger partial charge is 0.338 e. The standard InChI is InChI=1S/C22H21BrClN9O/c1-13-26-18-6-5-14(23)11-17(18)19(34)33(13)31-21-28-20(27-16-4-2-3-15(24)12-16)29-22(30-21)32-9-7-25-8-10-32/h2-6,11-12,25H,7-10H2,1H3,(H2,27,28,29,30,31). The maximum absolute atomic E-state index is 13.2. The fourth-order valence-electron chi connectivity index (χ4n) is 3.67. The molecule has 0 radical (unpaired) electrons. The minimum absolute atomic E-state index is 0.217. The maximum atomic E-state index is 13.2. The van der Waals surface area contributed by atoms with Crippen LogP contribution in [0.25, 0.3) is 10.9 Å². The fourth-order valence-corrected chi connectivity index (χ4v) is 4.22. The average Bonchev–Trinajstić information content (AvgIpc) is 2.83. The fraction of sp³-hybridized carbons (Fsp3) is 0.227. The van der Waals surface area contributed by atoms with Crippen molar-refractivity contribution in [2.45, 2.75) is 6.92 Å². The van der Waals surface area contributed by atoms with Crippen LogP contribution in [0.2, 0.25) is 5.02 Å². The molecule has 0 unspecified atom stereocenters. The third kappa shape index (κ3) is 4.81.